The van der Waals surface area contributed by atoms with Crippen molar-refractivity contribution in [3.63, 3.8) is 0 Å². The van der Waals surface area contributed by atoms with Gasteiger partial charge < -0.3 is 19.1 Å². The summed E-state index contributed by atoms with van der Waals surface area (Å²) in [5.74, 6) is 0.965. The summed E-state index contributed by atoms with van der Waals surface area (Å²) in [7, 11) is 1.67. The normalized spacial score (nSPS) is 14.1. The lowest BCUT2D eigenvalue weighted by Crippen LogP contribution is -2.49. The molecular formula is C24H28N4O2. The summed E-state index contributed by atoms with van der Waals surface area (Å²) in [6.45, 7) is 6.04. The van der Waals surface area contributed by atoms with E-state index in [0.29, 0.717) is 13.1 Å². The number of carbonyl (C=O) groups is 1. The number of carbonyl (C=O) groups excluding carboxylic acids is 1. The van der Waals surface area contributed by atoms with Crippen molar-refractivity contribution in [2.75, 3.05) is 38.2 Å². The first kappa shape index (κ1) is 20.0. The van der Waals surface area contributed by atoms with Gasteiger partial charge in [-0.3, -0.25) is 9.78 Å². The third-order valence-corrected chi connectivity index (χ3v) is 5.60. The van der Waals surface area contributed by atoms with Gasteiger partial charge in [0.05, 0.1) is 7.11 Å². The average molecular weight is 405 g/mol. The largest absolute Gasteiger partial charge is 0.497 e. The number of benzene rings is 1. The van der Waals surface area contributed by atoms with E-state index in [0.717, 1.165) is 54.3 Å². The fraction of sp³-hybridized carbons (Fsp3) is 0.333. The lowest BCUT2D eigenvalue weighted by molar-refractivity contribution is 0.0735. The molecule has 0 radical (unpaired) electrons. The Kier molecular flexibility index (Phi) is 6.02. The molecule has 0 N–H and O–H groups in total. The molecule has 6 nitrogen and oxygen atoms in total. The van der Waals surface area contributed by atoms with Crippen molar-refractivity contribution >= 4 is 11.6 Å². The molecule has 1 amide bonds. The van der Waals surface area contributed by atoms with Crippen LogP contribution in [0.1, 0.15) is 23.8 Å². The summed E-state index contributed by atoms with van der Waals surface area (Å²) in [6, 6.07) is 14.1. The highest BCUT2D eigenvalue weighted by atomic mass is 16.5. The minimum Gasteiger partial charge on any atom is -0.497 e. The van der Waals surface area contributed by atoms with Crippen LogP contribution in [0.2, 0.25) is 0 Å². The molecular weight excluding hydrogens is 376 g/mol. The lowest BCUT2D eigenvalue weighted by Gasteiger charge is -2.36. The molecule has 0 aliphatic carbocycles. The maximum atomic E-state index is 13.3. The number of pyridine rings is 1. The smallest absolute Gasteiger partial charge is 0.270 e. The van der Waals surface area contributed by atoms with Gasteiger partial charge in [-0.15, -0.1) is 0 Å². The van der Waals surface area contributed by atoms with Gasteiger partial charge >= 0.3 is 0 Å². The molecule has 4 rings (SSSR count). The maximum absolute atomic E-state index is 13.3. The van der Waals surface area contributed by atoms with E-state index in [2.05, 4.69) is 39.7 Å². The number of rotatable bonds is 6. The zero-order chi connectivity index (χ0) is 20.9. The predicted molar refractivity (Wildman–Crippen MR) is 119 cm³/mol. The number of nitrogens with zero attached hydrogens (tertiary/aromatic N) is 4. The lowest BCUT2D eigenvalue weighted by atomic mass is 10.1. The Balaban J connectivity index is 1.47. The molecule has 1 aliphatic heterocycles. The van der Waals surface area contributed by atoms with Gasteiger partial charge in [-0.1, -0.05) is 6.92 Å². The fourth-order valence-electron chi connectivity index (χ4n) is 3.94. The number of ether oxygens (including phenoxy) is 1. The molecule has 6 heteroatoms. The Hall–Kier alpha value is -3.28. The third-order valence-electron chi connectivity index (χ3n) is 5.60. The molecule has 1 fully saturated rings. The van der Waals surface area contributed by atoms with Crippen molar-refractivity contribution in [2.45, 2.75) is 19.9 Å². The number of hydrogen-bond donors (Lipinski definition) is 0. The molecule has 1 saturated heterocycles. The zero-order valence-corrected chi connectivity index (χ0v) is 17.6. The topological polar surface area (TPSA) is 50.6 Å². The fourth-order valence-corrected chi connectivity index (χ4v) is 3.94. The number of hydrogen-bond acceptors (Lipinski definition) is 4. The molecule has 0 unspecified atom stereocenters. The Labute approximate surface area is 177 Å². The number of amides is 1. The Morgan fingerprint density at radius 3 is 2.33 bits per heavy atom. The molecule has 1 aromatic carbocycles. The van der Waals surface area contributed by atoms with Crippen molar-refractivity contribution in [1.82, 2.24) is 14.5 Å². The number of aromatic nitrogens is 2. The maximum Gasteiger partial charge on any atom is 0.270 e. The summed E-state index contributed by atoms with van der Waals surface area (Å²) < 4.78 is 7.33. The van der Waals surface area contributed by atoms with Crippen LogP contribution in [0.4, 0.5) is 5.69 Å². The van der Waals surface area contributed by atoms with Gasteiger partial charge in [-0.2, -0.15) is 0 Å². The van der Waals surface area contributed by atoms with Crippen LogP contribution in [0.25, 0.3) is 11.1 Å². The molecule has 30 heavy (non-hydrogen) atoms. The summed E-state index contributed by atoms with van der Waals surface area (Å²) in [5, 5.41) is 0. The first-order valence-corrected chi connectivity index (χ1v) is 10.5. The highest BCUT2D eigenvalue weighted by Gasteiger charge is 2.25. The zero-order valence-electron chi connectivity index (χ0n) is 17.6. The van der Waals surface area contributed by atoms with Gasteiger partial charge in [0.1, 0.15) is 11.4 Å². The summed E-state index contributed by atoms with van der Waals surface area (Å²) >= 11 is 0. The van der Waals surface area contributed by atoms with Gasteiger partial charge in [0, 0.05) is 62.6 Å². The van der Waals surface area contributed by atoms with E-state index in [1.165, 1.54) is 0 Å². The Morgan fingerprint density at radius 2 is 1.70 bits per heavy atom. The first-order valence-electron chi connectivity index (χ1n) is 10.5. The van der Waals surface area contributed by atoms with Crippen molar-refractivity contribution in [2.24, 2.45) is 0 Å². The predicted octanol–water partition coefficient (Wildman–Crippen LogP) is 3.93. The van der Waals surface area contributed by atoms with Crippen molar-refractivity contribution in [3.05, 3.63) is 66.7 Å². The van der Waals surface area contributed by atoms with E-state index in [9.17, 15) is 4.79 Å². The third kappa shape index (κ3) is 4.17. The standard InChI is InChI=1S/C24H28N4O2/c1-3-12-28-18-20(19-8-10-25-11-9-19)17-23(28)24(29)27-15-13-26(14-16-27)21-4-6-22(30-2)7-5-21/h4-11,17-18H,3,12-16H2,1-2H3. The summed E-state index contributed by atoms with van der Waals surface area (Å²) in [6.07, 6.45) is 6.63. The minimum atomic E-state index is 0.109. The second-order valence-electron chi connectivity index (χ2n) is 7.52. The van der Waals surface area contributed by atoms with E-state index in [4.69, 9.17) is 4.74 Å². The number of anilines is 1. The Morgan fingerprint density at radius 1 is 1.00 bits per heavy atom. The Bertz CT molecular complexity index is 974. The van der Waals surface area contributed by atoms with Gasteiger partial charge in [0.2, 0.25) is 0 Å². The van der Waals surface area contributed by atoms with Crippen molar-refractivity contribution in [3.8, 4) is 16.9 Å². The van der Waals surface area contributed by atoms with Crippen LogP contribution in [-0.2, 0) is 6.54 Å². The molecule has 156 valence electrons. The summed E-state index contributed by atoms with van der Waals surface area (Å²) in [5.41, 5.74) is 4.07. The molecule has 1 aliphatic rings. The van der Waals surface area contributed by atoms with Crippen molar-refractivity contribution in [1.29, 1.82) is 0 Å². The highest BCUT2D eigenvalue weighted by Crippen LogP contribution is 2.24. The molecule has 0 saturated carbocycles. The highest BCUT2D eigenvalue weighted by molar-refractivity contribution is 5.94. The number of piperazine rings is 1. The number of aryl methyl sites for hydroxylation is 1. The van der Waals surface area contributed by atoms with Crippen molar-refractivity contribution < 1.29 is 9.53 Å². The van der Waals surface area contributed by atoms with E-state index < -0.39 is 0 Å². The van der Waals surface area contributed by atoms with Crippen LogP contribution in [-0.4, -0.2) is 53.6 Å². The molecule has 0 bridgehead atoms. The van der Waals surface area contributed by atoms with E-state index >= 15 is 0 Å². The molecule has 0 spiro atoms. The second-order valence-corrected chi connectivity index (χ2v) is 7.52. The quantitative estimate of drug-likeness (QED) is 0.625. The van der Waals surface area contributed by atoms with Gasteiger partial charge in [-0.25, -0.2) is 0 Å². The van der Waals surface area contributed by atoms with E-state index in [1.54, 1.807) is 19.5 Å². The number of methoxy groups -OCH3 is 1. The average Bonchev–Trinajstić information content (AvgIpc) is 3.23. The molecule has 2 aromatic heterocycles. The molecule has 3 aromatic rings. The van der Waals surface area contributed by atoms with E-state index in [-0.39, 0.29) is 5.91 Å². The van der Waals surface area contributed by atoms with Crippen LogP contribution >= 0.6 is 0 Å². The first-order chi connectivity index (χ1) is 14.7. The van der Waals surface area contributed by atoms with Gasteiger partial charge in [0.25, 0.3) is 5.91 Å². The monoisotopic (exact) mass is 404 g/mol. The molecule has 3 heterocycles. The van der Waals surface area contributed by atoms with Crippen LogP contribution in [0.15, 0.2) is 61.1 Å². The van der Waals surface area contributed by atoms with Crippen LogP contribution in [0, 0.1) is 0 Å². The van der Waals surface area contributed by atoms with Gasteiger partial charge in [-0.05, 0) is 54.4 Å². The van der Waals surface area contributed by atoms with E-state index in [1.807, 2.05) is 35.2 Å². The SMILES string of the molecule is CCCn1cc(-c2ccncc2)cc1C(=O)N1CCN(c2ccc(OC)cc2)CC1. The van der Waals surface area contributed by atoms with Crippen LogP contribution in [0.5, 0.6) is 5.75 Å². The second kappa shape index (κ2) is 9.03. The van der Waals surface area contributed by atoms with Crippen LogP contribution in [0.3, 0.4) is 0 Å². The van der Waals surface area contributed by atoms with Gasteiger partial charge in [0.15, 0.2) is 0 Å². The molecule has 0 atom stereocenters. The van der Waals surface area contributed by atoms with Crippen LogP contribution < -0.4 is 9.64 Å². The summed E-state index contributed by atoms with van der Waals surface area (Å²) in [4.78, 5) is 21.7. The minimum absolute atomic E-state index is 0.109.